The SMILES string of the molecule is CCOC(=O)c1cnc(N=Nc2cc3c(cc2NS(=O)(=O)C(F)(F)F)N(CC(C)C)CCC3)nc1C(F)(F)F. The topological polar surface area (TPSA) is 126 Å². The zero-order valence-corrected chi connectivity index (χ0v) is 21.7. The van der Waals surface area contributed by atoms with Gasteiger partial charge in [0, 0.05) is 25.0 Å². The smallest absolute Gasteiger partial charge is 0.462 e. The third-order valence-corrected chi connectivity index (χ3v) is 6.43. The minimum Gasteiger partial charge on any atom is -0.462 e. The molecule has 214 valence electrons. The second-order valence-electron chi connectivity index (χ2n) is 8.84. The number of sulfonamides is 1. The quantitative estimate of drug-likeness (QED) is 0.238. The van der Waals surface area contributed by atoms with Gasteiger partial charge in [0.25, 0.3) is 5.95 Å². The summed E-state index contributed by atoms with van der Waals surface area (Å²) in [7, 11) is -5.87. The summed E-state index contributed by atoms with van der Waals surface area (Å²) in [6.07, 6.45) is -3.39. The van der Waals surface area contributed by atoms with Crippen LogP contribution in [0.1, 0.15) is 48.8 Å². The molecule has 0 saturated carbocycles. The molecule has 39 heavy (non-hydrogen) atoms. The first-order valence-electron chi connectivity index (χ1n) is 11.6. The summed E-state index contributed by atoms with van der Waals surface area (Å²) in [6, 6.07) is 2.48. The molecule has 0 bridgehead atoms. The molecule has 0 fully saturated rings. The Bertz CT molecular complexity index is 1360. The largest absolute Gasteiger partial charge is 0.516 e. The maximum atomic E-state index is 13.5. The lowest BCUT2D eigenvalue weighted by molar-refractivity contribution is -0.141. The molecule has 10 nitrogen and oxygen atoms in total. The van der Waals surface area contributed by atoms with E-state index in [1.54, 1.807) is 0 Å². The van der Waals surface area contributed by atoms with E-state index in [0.717, 1.165) is 0 Å². The van der Waals surface area contributed by atoms with E-state index in [4.69, 9.17) is 0 Å². The van der Waals surface area contributed by atoms with Gasteiger partial charge in [-0.05, 0) is 43.4 Å². The summed E-state index contributed by atoms with van der Waals surface area (Å²) in [5.74, 6) is -2.01. The molecule has 1 aliphatic rings. The number of aromatic nitrogens is 2. The van der Waals surface area contributed by atoms with Crippen LogP contribution in [-0.4, -0.2) is 49.6 Å². The molecule has 0 radical (unpaired) electrons. The Kier molecular flexibility index (Phi) is 8.72. The van der Waals surface area contributed by atoms with E-state index in [1.807, 2.05) is 18.7 Å². The average Bonchev–Trinajstić information content (AvgIpc) is 2.81. The van der Waals surface area contributed by atoms with Crippen molar-refractivity contribution in [2.24, 2.45) is 16.1 Å². The summed E-state index contributed by atoms with van der Waals surface area (Å²) < 4.78 is 110. The number of alkyl halides is 6. The molecule has 0 spiro atoms. The van der Waals surface area contributed by atoms with Crippen LogP contribution < -0.4 is 9.62 Å². The van der Waals surface area contributed by atoms with E-state index < -0.39 is 56.3 Å². The Morgan fingerprint density at radius 2 is 1.87 bits per heavy atom. The molecule has 0 saturated heterocycles. The molecule has 1 aromatic carbocycles. The first kappa shape index (κ1) is 30.0. The van der Waals surface area contributed by atoms with Gasteiger partial charge in [0.15, 0.2) is 5.69 Å². The van der Waals surface area contributed by atoms with Gasteiger partial charge in [0.2, 0.25) is 0 Å². The zero-order valence-electron chi connectivity index (χ0n) is 20.9. The number of rotatable bonds is 8. The molecule has 17 heteroatoms. The summed E-state index contributed by atoms with van der Waals surface area (Å²) in [5, 5.41) is 7.16. The molecular weight excluding hydrogens is 558 g/mol. The fourth-order valence-electron chi connectivity index (χ4n) is 3.79. The van der Waals surface area contributed by atoms with Crippen molar-refractivity contribution < 1.29 is 44.3 Å². The fourth-order valence-corrected chi connectivity index (χ4v) is 4.36. The lowest BCUT2D eigenvalue weighted by atomic mass is 9.99. The molecule has 3 rings (SSSR count). The van der Waals surface area contributed by atoms with Gasteiger partial charge < -0.3 is 9.64 Å². The highest BCUT2D eigenvalue weighted by molar-refractivity contribution is 7.93. The zero-order chi connectivity index (χ0) is 29.2. The van der Waals surface area contributed by atoms with Crippen molar-refractivity contribution in [3.05, 3.63) is 35.2 Å². The van der Waals surface area contributed by atoms with Crippen molar-refractivity contribution in [3.63, 3.8) is 0 Å². The fraction of sp³-hybridized carbons (Fsp3) is 0.500. The van der Waals surface area contributed by atoms with Gasteiger partial charge in [-0.3, -0.25) is 4.72 Å². The van der Waals surface area contributed by atoms with Crippen LogP contribution in [-0.2, 0) is 27.4 Å². The Labute approximate surface area is 219 Å². The predicted molar refractivity (Wildman–Crippen MR) is 128 cm³/mol. The second-order valence-corrected chi connectivity index (χ2v) is 10.5. The molecule has 2 aromatic rings. The van der Waals surface area contributed by atoms with Gasteiger partial charge in [-0.25, -0.2) is 14.8 Å². The number of nitrogens with one attached hydrogen (secondary N) is 1. The number of carbonyl (C=O) groups excluding carboxylic acids is 1. The Balaban J connectivity index is 2.10. The number of nitrogens with zero attached hydrogens (tertiary/aromatic N) is 5. The van der Waals surface area contributed by atoms with Gasteiger partial charge in [-0.15, -0.1) is 10.2 Å². The number of ether oxygens (including phenoxy) is 1. The van der Waals surface area contributed by atoms with Crippen molar-refractivity contribution in [2.75, 3.05) is 29.3 Å². The van der Waals surface area contributed by atoms with Crippen LogP contribution in [0.2, 0.25) is 0 Å². The number of halogens is 6. The molecule has 1 aliphatic heterocycles. The van der Waals surface area contributed by atoms with Crippen molar-refractivity contribution in [2.45, 2.75) is 45.3 Å². The van der Waals surface area contributed by atoms with Crippen LogP contribution in [0.5, 0.6) is 0 Å². The number of hydrogen-bond donors (Lipinski definition) is 1. The third-order valence-electron chi connectivity index (χ3n) is 5.33. The predicted octanol–water partition coefficient (Wildman–Crippen LogP) is 5.76. The number of fused-ring (bicyclic) bond motifs is 1. The Morgan fingerprint density at radius 3 is 2.46 bits per heavy atom. The average molecular weight is 583 g/mol. The lowest BCUT2D eigenvalue weighted by Gasteiger charge is -2.33. The van der Waals surface area contributed by atoms with E-state index in [1.165, 1.54) is 23.8 Å². The Hall–Kier alpha value is -3.50. The number of aryl methyl sites for hydroxylation is 1. The van der Waals surface area contributed by atoms with Crippen molar-refractivity contribution >= 4 is 39.0 Å². The molecule has 1 N–H and O–H groups in total. The van der Waals surface area contributed by atoms with Gasteiger partial charge >= 0.3 is 27.7 Å². The van der Waals surface area contributed by atoms with Gasteiger partial charge in [-0.2, -0.15) is 34.8 Å². The van der Waals surface area contributed by atoms with Gasteiger partial charge in [0.1, 0.15) is 11.3 Å². The molecule has 0 aliphatic carbocycles. The molecular formula is C22H24F6N6O4S. The summed E-state index contributed by atoms with van der Waals surface area (Å²) in [4.78, 5) is 20.5. The lowest BCUT2D eigenvalue weighted by Crippen LogP contribution is -2.33. The maximum absolute atomic E-state index is 13.5. The molecule has 2 heterocycles. The summed E-state index contributed by atoms with van der Waals surface area (Å²) >= 11 is 0. The van der Waals surface area contributed by atoms with Crippen LogP contribution in [0.3, 0.4) is 0 Å². The van der Waals surface area contributed by atoms with E-state index in [-0.39, 0.29) is 12.5 Å². The van der Waals surface area contributed by atoms with Crippen LogP contribution >= 0.6 is 0 Å². The molecule has 0 amide bonds. The van der Waals surface area contributed by atoms with E-state index in [9.17, 15) is 39.6 Å². The number of esters is 1. The third kappa shape index (κ3) is 7.13. The first-order valence-corrected chi connectivity index (χ1v) is 13.1. The highest BCUT2D eigenvalue weighted by Gasteiger charge is 2.46. The number of benzene rings is 1. The maximum Gasteiger partial charge on any atom is 0.516 e. The normalized spacial score (nSPS) is 14.6. The molecule has 0 unspecified atom stereocenters. The van der Waals surface area contributed by atoms with Gasteiger partial charge in [-0.1, -0.05) is 13.8 Å². The van der Waals surface area contributed by atoms with Crippen molar-refractivity contribution in [1.82, 2.24) is 9.97 Å². The number of azo groups is 1. The highest BCUT2D eigenvalue weighted by atomic mass is 32.2. The van der Waals surface area contributed by atoms with Gasteiger partial charge in [0.05, 0.1) is 12.3 Å². The minimum atomic E-state index is -5.87. The minimum absolute atomic E-state index is 0.184. The van der Waals surface area contributed by atoms with E-state index in [2.05, 4.69) is 24.9 Å². The number of carbonyl (C=O) groups is 1. The molecule has 0 atom stereocenters. The standard InChI is InChI=1S/C22H24F6N6O4S/c1-4-38-19(35)14-10-29-20(30-18(14)21(23,24)25)32-31-15-8-13-6-5-7-34(11-12(2)3)17(13)9-16(15)33-39(36,37)22(26,27)28/h8-10,12,33H,4-7,11H2,1-3H3. The molecule has 1 aromatic heterocycles. The van der Waals surface area contributed by atoms with E-state index >= 15 is 0 Å². The summed E-state index contributed by atoms with van der Waals surface area (Å²) in [6.45, 7) is 6.18. The summed E-state index contributed by atoms with van der Waals surface area (Å²) in [5.41, 5.74) is -8.16. The monoisotopic (exact) mass is 582 g/mol. The van der Waals surface area contributed by atoms with Crippen molar-refractivity contribution in [1.29, 1.82) is 0 Å². The first-order chi connectivity index (χ1) is 18.0. The van der Waals surface area contributed by atoms with Crippen LogP contribution in [0, 0.1) is 5.92 Å². The highest BCUT2D eigenvalue weighted by Crippen LogP contribution is 2.40. The van der Waals surface area contributed by atoms with Crippen molar-refractivity contribution in [3.8, 4) is 0 Å². The van der Waals surface area contributed by atoms with Crippen LogP contribution in [0.15, 0.2) is 28.6 Å². The number of anilines is 2. The second kappa shape index (κ2) is 11.3. The Morgan fingerprint density at radius 1 is 1.18 bits per heavy atom. The number of hydrogen-bond acceptors (Lipinski definition) is 9. The van der Waals surface area contributed by atoms with Crippen LogP contribution in [0.25, 0.3) is 0 Å². The van der Waals surface area contributed by atoms with Crippen LogP contribution in [0.4, 0.5) is 49.4 Å². The van der Waals surface area contributed by atoms with E-state index in [0.29, 0.717) is 43.4 Å².